The van der Waals surface area contributed by atoms with Gasteiger partial charge in [-0.1, -0.05) is 13.8 Å². The fourth-order valence-corrected chi connectivity index (χ4v) is 3.55. The Morgan fingerprint density at radius 2 is 2.48 bits per heavy atom. The van der Waals surface area contributed by atoms with Crippen molar-refractivity contribution in [2.45, 2.75) is 45.6 Å². The summed E-state index contributed by atoms with van der Waals surface area (Å²) < 4.78 is 0. The highest BCUT2D eigenvalue weighted by molar-refractivity contribution is 7.11. The van der Waals surface area contributed by atoms with Crippen LogP contribution in [0.15, 0.2) is 11.2 Å². The quantitative estimate of drug-likeness (QED) is 0.622. The minimum atomic E-state index is 0.322. The fraction of sp³-hybridized carbons (Fsp3) is 0.733. The summed E-state index contributed by atoms with van der Waals surface area (Å²) >= 11 is 1.74. The fourth-order valence-electron chi connectivity index (χ4n) is 2.73. The summed E-state index contributed by atoms with van der Waals surface area (Å²) in [5, 5.41) is 4.41. The van der Waals surface area contributed by atoms with Gasteiger partial charge in [0.2, 0.25) is 0 Å². The number of aliphatic imine (C=N–C) groups is 1. The van der Waals surface area contributed by atoms with Gasteiger partial charge < -0.3 is 11.1 Å². The molecule has 2 atom stereocenters. The van der Waals surface area contributed by atoms with E-state index in [-0.39, 0.29) is 0 Å². The average molecular weight is 309 g/mol. The smallest absolute Gasteiger partial charge is 0.188 e. The number of nitrogens with one attached hydrogen (secondary N) is 1. The molecule has 2 unspecified atom stereocenters. The predicted octanol–water partition coefficient (Wildman–Crippen LogP) is 1.94. The summed E-state index contributed by atoms with van der Waals surface area (Å²) in [5.74, 6) is 0.876. The highest BCUT2D eigenvalue weighted by Crippen LogP contribution is 2.21. The molecule has 1 aliphatic rings. The summed E-state index contributed by atoms with van der Waals surface area (Å²) in [6, 6.07) is 0.600. The maximum atomic E-state index is 5.97. The molecule has 0 aliphatic carbocycles. The first-order valence-corrected chi connectivity index (χ1v) is 8.62. The van der Waals surface area contributed by atoms with Crippen molar-refractivity contribution in [3.63, 3.8) is 0 Å². The van der Waals surface area contributed by atoms with Crippen LogP contribution >= 0.6 is 11.3 Å². The normalized spacial score (nSPS) is 21.7. The molecule has 3 N–H and O–H groups in total. The Labute approximate surface area is 131 Å². The van der Waals surface area contributed by atoms with Crippen molar-refractivity contribution in [2.24, 2.45) is 10.7 Å². The number of nitrogens with zero attached hydrogens (tertiary/aromatic N) is 3. The Bertz CT molecular complexity index is 470. The number of likely N-dealkylation sites (tertiary alicyclic amines) is 1. The molecule has 0 aromatic carbocycles. The van der Waals surface area contributed by atoms with E-state index in [1.807, 2.05) is 6.20 Å². The number of aryl methyl sites for hydroxylation is 1. The minimum Gasteiger partial charge on any atom is -0.370 e. The van der Waals surface area contributed by atoms with Gasteiger partial charge in [-0.25, -0.2) is 4.98 Å². The van der Waals surface area contributed by atoms with Gasteiger partial charge in [-0.15, -0.1) is 11.3 Å². The number of rotatable bonds is 6. The maximum absolute atomic E-state index is 5.97. The molecular formula is C15H27N5S. The third-order valence-corrected chi connectivity index (χ3v) is 5.16. The van der Waals surface area contributed by atoms with Crippen molar-refractivity contribution in [3.8, 4) is 0 Å². The van der Waals surface area contributed by atoms with E-state index >= 15 is 0 Å². The lowest BCUT2D eigenvalue weighted by molar-refractivity contribution is 0.267. The van der Waals surface area contributed by atoms with Gasteiger partial charge in [0.25, 0.3) is 0 Å². The summed E-state index contributed by atoms with van der Waals surface area (Å²) in [7, 11) is 0. The molecule has 0 radical (unpaired) electrons. The van der Waals surface area contributed by atoms with Crippen molar-refractivity contribution in [2.75, 3.05) is 26.2 Å². The van der Waals surface area contributed by atoms with Gasteiger partial charge in [0.05, 0.1) is 11.6 Å². The maximum Gasteiger partial charge on any atom is 0.188 e. The Morgan fingerprint density at radius 1 is 1.67 bits per heavy atom. The van der Waals surface area contributed by atoms with E-state index in [4.69, 9.17) is 5.73 Å². The molecule has 118 valence electrons. The standard InChI is InChI=1S/C15H27N5S/c1-4-20-7-5-6-13(20)10-19-15(16)18-8-11(2)14-17-9-12(3)21-14/h9,11,13H,4-8,10H2,1-3H3,(H3,16,18,19). The summed E-state index contributed by atoms with van der Waals surface area (Å²) in [6.07, 6.45) is 4.46. The number of hydrogen-bond acceptors (Lipinski definition) is 4. The van der Waals surface area contributed by atoms with Gasteiger partial charge in [-0.3, -0.25) is 9.89 Å². The van der Waals surface area contributed by atoms with E-state index in [0.717, 1.165) is 18.1 Å². The molecule has 0 spiro atoms. The molecule has 5 nitrogen and oxygen atoms in total. The first kappa shape index (κ1) is 16.2. The van der Waals surface area contributed by atoms with Crippen LogP contribution in [0.2, 0.25) is 0 Å². The zero-order chi connectivity index (χ0) is 15.2. The molecule has 21 heavy (non-hydrogen) atoms. The second-order valence-corrected chi connectivity index (χ2v) is 7.01. The van der Waals surface area contributed by atoms with Crippen LogP contribution in [0.25, 0.3) is 0 Å². The molecule has 2 heterocycles. The average Bonchev–Trinajstić information content (AvgIpc) is 3.10. The van der Waals surface area contributed by atoms with Crippen molar-refractivity contribution >= 4 is 17.3 Å². The second-order valence-electron chi connectivity index (χ2n) is 5.74. The van der Waals surface area contributed by atoms with E-state index < -0.39 is 0 Å². The molecule has 1 aromatic heterocycles. The highest BCUT2D eigenvalue weighted by Gasteiger charge is 2.22. The largest absolute Gasteiger partial charge is 0.370 e. The Kier molecular flexibility index (Phi) is 5.99. The first-order chi connectivity index (χ1) is 10.1. The number of nitrogens with two attached hydrogens (primary N) is 1. The summed E-state index contributed by atoms with van der Waals surface area (Å²) in [5.41, 5.74) is 5.97. The van der Waals surface area contributed by atoms with E-state index in [0.29, 0.717) is 24.5 Å². The van der Waals surface area contributed by atoms with Crippen LogP contribution in [-0.4, -0.2) is 48.1 Å². The molecule has 0 bridgehead atoms. The van der Waals surface area contributed by atoms with Gasteiger partial charge in [-0.2, -0.15) is 0 Å². The van der Waals surface area contributed by atoms with Crippen molar-refractivity contribution in [1.29, 1.82) is 0 Å². The van der Waals surface area contributed by atoms with Crippen molar-refractivity contribution < 1.29 is 0 Å². The summed E-state index contributed by atoms with van der Waals surface area (Å²) in [6.45, 7) is 10.3. The Balaban J connectivity index is 1.76. The number of hydrogen-bond donors (Lipinski definition) is 2. The van der Waals surface area contributed by atoms with Crippen LogP contribution in [0.1, 0.15) is 42.5 Å². The van der Waals surface area contributed by atoms with E-state index in [2.05, 4.69) is 41.0 Å². The van der Waals surface area contributed by atoms with Crippen LogP contribution in [0.3, 0.4) is 0 Å². The molecule has 1 aromatic rings. The number of aromatic nitrogens is 1. The number of likely N-dealkylation sites (N-methyl/N-ethyl adjacent to an activating group) is 1. The van der Waals surface area contributed by atoms with Crippen molar-refractivity contribution in [1.82, 2.24) is 15.2 Å². The zero-order valence-electron chi connectivity index (χ0n) is 13.3. The molecule has 0 amide bonds. The summed E-state index contributed by atoms with van der Waals surface area (Å²) in [4.78, 5) is 12.6. The zero-order valence-corrected chi connectivity index (χ0v) is 14.1. The monoisotopic (exact) mass is 309 g/mol. The van der Waals surface area contributed by atoms with Crippen LogP contribution in [-0.2, 0) is 0 Å². The second kappa shape index (κ2) is 7.75. The SMILES string of the molecule is CCN1CCCC1CNC(N)=NCC(C)c1ncc(C)s1. The van der Waals surface area contributed by atoms with Gasteiger partial charge in [0.1, 0.15) is 0 Å². The molecule has 0 saturated carbocycles. The third-order valence-electron chi connectivity index (χ3n) is 4.02. The van der Waals surface area contributed by atoms with Gasteiger partial charge in [-0.05, 0) is 32.9 Å². The first-order valence-electron chi connectivity index (χ1n) is 7.80. The number of guanidine groups is 1. The third kappa shape index (κ3) is 4.68. The highest BCUT2D eigenvalue weighted by atomic mass is 32.1. The molecule has 2 rings (SSSR count). The molecular weight excluding hydrogens is 282 g/mol. The Hall–Kier alpha value is -1.14. The van der Waals surface area contributed by atoms with Crippen LogP contribution in [0.4, 0.5) is 0 Å². The van der Waals surface area contributed by atoms with E-state index in [1.54, 1.807) is 11.3 Å². The van der Waals surface area contributed by atoms with E-state index in [9.17, 15) is 0 Å². The topological polar surface area (TPSA) is 66.5 Å². The number of thiazole rings is 1. The van der Waals surface area contributed by atoms with Crippen molar-refractivity contribution in [3.05, 3.63) is 16.1 Å². The van der Waals surface area contributed by atoms with Gasteiger partial charge >= 0.3 is 0 Å². The van der Waals surface area contributed by atoms with Crippen LogP contribution < -0.4 is 11.1 Å². The lowest BCUT2D eigenvalue weighted by Gasteiger charge is -2.23. The van der Waals surface area contributed by atoms with Crippen LogP contribution in [0.5, 0.6) is 0 Å². The Morgan fingerprint density at radius 3 is 3.14 bits per heavy atom. The minimum absolute atomic E-state index is 0.322. The molecule has 1 saturated heterocycles. The van der Waals surface area contributed by atoms with Gasteiger partial charge in [0, 0.05) is 29.6 Å². The van der Waals surface area contributed by atoms with Crippen LogP contribution in [0, 0.1) is 6.92 Å². The molecule has 1 aliphatic heterocycles. The molecule has 1 fully saturated rings. The predicted molar refractivity (Wildman–Crippen MR) is 90.0 cm³/mol. The lowest BCUT2D eigenvalue weighted by Crippen LogP contribution is -2.42. The van der Waals surface area contributed by atoms with E-state index in [1.165, 1.54) is 24.3 Å². The van der Waals surface area contributed by atoms with Gasteiger partial charge in [0.15, 0.2) is 5.96 Å². The molecule has 6 heteroatoms. The lowest BCUT2D eigenvalue weighted by atomic mass is 10.2.